The molecule has 1 aromatic heterocycles. The smallest absolute Gasteiger partial charge is 0.138 e. The van der Waals surface area contributed by atoms with Crippen molar-refractivity contribution in [1.29, 1.82) is 0 Å². The number of ether oxygens (including phenoxy) is 1. The number of hydrogen-bond acceptors (Lipinski definition) is 6. The van der Waals surface area contributed by atoms with E-state index in [2.05, 4.69) is 15.0 Å². The zero-order valence-electron chi connectivity index (χ0n) is 12.6. The lowest BCUT2D eigenvalue weighted by atomic mass is 10.2. The van der Waals surface area contributed by atoms with E-state index in [0.29, 0.717) is 13.2 Å². The fourth-order valence-corrected chi connectivity index (χ4v) is 2.50. The Hall–Kier alpha value is -0.950. The first kappa shape index (κ1) is 15.4. The van der Waals surface area contributed by atoms with Crippen LogP contribution < -0.4 is 5.73 Å². The van der Waals surface area contributed by atoms with Crippen LogP contribution in [0.15, 0.2) is 4.52 Å². The van der Waals surface area contributed by atoms with E-state index >= 15 is 0 Å². The molecule has 1 saturated heterocycles. The Morgan fingerprint density at radius 1 is 1.15 bits per heavy atom. The lowest BCUT2D eigenvalue weighted by Gasteiger charge is -2.34. The zero-order valence-corrected chi connectivity index (χ0v) is 12.6. The molecule has 0 bridgehead atoms. The van der Waals surface area contributed by atoms with Gasteiger partial charge in [-0.1, -0.05) is 5.16 Å². The van der Waals surface area contributed by atoms with Crippen LogP contribution in [-0.4, -0.2) is 67.4 Å². The van der Waals surface area contributed by atoms with Gasteiger partial charge in [-0.3, -0.25) is 9.80 Å². The van der Waals surface area contributed by atoms with Gasteiger partial charge in [0.05, 0.1) is 18.9 Å². The molecule has 6 nitrogen and oxygen atoms in total. The lowest BCUT2D eigenvalue weighted by Crippen LogP contribution is -2.46. The molecule has 0 saturated carbocycles. The van der Waals surface area contributed by atoms with Gasteiger partial charge in [-0.05, 0) is 13.8 Å². The largest absolute Gasteiger partial charge is 0.379 e. The number of nitrogens with two attached hydrogens (primary N) is 1. The first-order chi connectivity index (χ1) is 9.70. The summed E-state index contributed by atoms with van der Waals surface area (Å²) in [6.07, 6.45) is 0. The Bertz CT molecular complexity index is 380. The summed E-state index contributed by atoms with van der Waals surface area (Å²) in [5.41, 5.74) is 7.65. The molecule has 1 aliphatic rings. The van der Waals surface area contributed by atoms with Gasteiger partial charge >= 0.3 is 0 Å². The van der Waals surface area contributed by atoms with E-state index in [0.717, 1.165) is 57.3 Å². The molecule has 0 amide bonds. The maximum Gasteiger partial charge on any atom is 0.138 e. The van der Waals surface area contributed by atoms with Gasteiger partial charge in [-0.2, -0.15) is 0 Å². The molecule has 0 spiro atoms. The predicted molar refractivity (Wildman–Crippen MR) is 77.6 cm³/mol. The standard InChI is InChI=1S/C14H26N4O2/c1-12-14(13(2)20-16-12)11-18-6-4-17(5-7-18)8-10-19-9-3-15/h3-11,15H2,1-2H3. The minimum Gasteiger partial charge on any atom is -0.379 e. The number of aryl methyl sites for hydroxylation is 2. The Labute approximate surface area is 120 Å². The second kappa shape index (κ2) is 7.73. The van der Waals surface area contributed by atoms with Crippen molar-refractivity contribution >= 4 is 0 Å². The highest BCUT2D eigenvalue weighted by Crippen LogP contribution is 2.16. The predicted octanol–water partition coefficient (Wildman–Crippen LogP) is 0.384. The summed E-state index contributed by atoms with van der Waals surface area (Å²) in [4.78, 5) is 4.91. The molecular formula is C14H26N4O2. The van der Waals surface area contributed by atoms with Gasteiger partial charge in [-0.15, -0.1) is 0 Å². The maximum atomic E-state index is 5.43. The molecule has 0 atom stereocenters. The Morgan fingerprint density at radius 3 is 2.45 bits per heavy atom. The molecule has 1 aromatic rings. The Morgan fingerprint density at radius 2 is 1.85 bits per heavy atom. The molecule has 20 heavy (non-hydrogen) atoms. The Kier molecular flexibility index (Phi) is 5.97. The van der Waals surface area contributed by atoms with Crippen LogP contribution in [0.5, 0.6) is 0 Å². The number of rotatable bonds is 7. The van der Waals surface area contributed by atoms with Crippen molar-refractivity contribution in [3.63, 3.8) is 0 Å². The fourth-order valence-electron chi connectivity index (χ4n) is 2.50. The van der Waals surface area contributed by atoms with Crippen molar-refractivity contribution in [1.82, 2.24) is 15.0 Å². The first-order valence-electron chi connectivity index (χ1n) is 7.35. The van der Waals surface area contributed by atoms with Crippen LogP contribution in [0.2, 0.25) is 0 Å². The van der Waals surface area contributed by atoms with Gasteiger partial charge in [0.25, 0.3) is 0 Å². The third kappa shape index (κ3) is 4.28. The summed E-state index contributed by atoms with van der Waals surface area (Å²) in [6, 6.07) is 0. The van der Waals surface area contributed by atoms with Gasteiger partial charge in [0, 0.05) is 51.4 Å². The van der Waals surface area contributed by atoms with Crippen LogP contribution in [-0.2, 0) is 11.3 Å². The van der Waals surface area contributed by atoms with Gasteiger partial charge in [-0.25, -0.2) is 0 Å². The highest BCUT2D eigenvalue weighted by molar-refractivity contribution is 5.20. The number of aromatic nitrogens is 1. The van der Waals surface area contributed by atoms with E-state index in [9.17, 15) is 0 Å². The Balaban J connectivity index is 1.69. The van der Waals surface area contributed by atoms with E-state index in [1.54, 1.807) is 0 Å². The summed E-state index contributed by atoms with van der Waals surface area (Å²) in [5, 5.41) is 4.02. The molecule has 0 aromatic carbocycles. The summed E-state index contributed by atoms with van der Waals surface area (Å²) in [5.74, 6) is 0.945. The number of piperazine rings is 1. The van der Waals surface area contributed by atoms with Crippen molar-refractivity contribution < 1.29 is 9.26 Å². The SMILES string of the molecule is Cc1noc(C)c1CN1CCN(CCOCCN)CC1. The lowest BCUT2D eigenvalue weighted by molar-refractivity contribution is 0.0763. The molecule has 6 heteroatoms. The summed E-state index contributed by atoms with van der Waals surface area (Å²) < 4.78 is 10.6. The molecule has 2 N–H and O–H groups in total. The van der Waals surface area contributed by atoms with Crippen molar-refractivity contribution in [2.24, 2.45) is 5.73 Å². The average Bonchev–Trinajstić information content (AvgIpc) is 2.77. The van der Waals surface area contributed by atoms with Crippen molar-refractivity contribution in [2.75, 3.05) is 52.5 Å². The molecule has 2 heterocycles. The molecule has 114 valence electrons. The molecule has 0 radical (unpaired) electrons. The second-order valence-electron chi connectivity index (χ2n) is 5.32. The molecule has 0 unspecified atom stereocenters. The minimum absolute atomic E-state index is 0.602. The fraction of sp³-hybridized carbons (Fsp3) is 0.786. The van der Waals surface area contributed by atoms with Gasteiger partial charge in [0.15, 0.2) is 0 Å². The highest BCUT2D eigenvalue weighted by atomic mass is 16.5. The van der Waals surface area contributed by atoms with Gasteiger partial charge < -0.3 is 15.0 Å². The molecule has 1 aliphatic heterocycles. The molecule has 0 aliphatic carbocycles. The van der Waals surface area contributed by atoms with Crippen LogP contribution in [0.4, 0.5) is 0 Å². The van der Waals surface area contributed by atoms with E-state index in [-0.39, 0.29) is 0 Å². The van der Waals surface area contributed by atoms with Crippen LogP contribution in [0.25, 0.3) is 0 Å². The number of hydrogen-bond donors (Lipinski definition) is 1. The third-order valence-electron chi connectivity index (χ3n) is 3.84. The van der Waals surface area contributed by atoms with E-state index in [1.165, 1.54) is 5.56 Å². The average molecular weight is 282 g/mol. The van der Waals surface area contributed by atoms with E-state index in [1.807, 2.05) is 13.8 Å². The van der Waals surface area contributed by atoms with Crippen LogP contribution in [0.1, 0.15) is 17.0 Å². The van der Waals surface area contributed by atoms with E-state index < -0.39 is 0 Å². The van der Waals surface area contributed by atoms with Gasteiger partial charge in [0.2, 0.25) is 0 Å². The highest BCUT2D eigenvalue weighted by Gasteiger charge is 2.19. The van der Waals surface area contributed by atoms with Crippen molar-refractivity contribution in [3.8, 4) is 0 Å². The van der Waals surface area contributed by atoms with Crippen molar-refractivity contribution in [3.05, 3.63) is 17.0 Å². The zero-order chi connectivity index (χ0) is 14.4. The molecular weight excluding hydrogens is 256 g/mol. The minimum atomic E-state index is 0.602. The second-order valence-corrected chi connectivity index (χ2v) is 5.32. The topological polar surface area (TPSA) is 67.8 Å². The van der Waals surface area contributed by atoms with Crippen molar-refractivity contribution in [2.45, 2.75) is 20.4 Å². The van der Waals surface area contributed by atoms with Crippen LogP contribution >= 0.6 is 0 Å². The summed E-state index contributed by atoms with van der Waals surface area (Å²) >= 11 is 0. The van der Waals surface area contributed by atoms with Gasteiger partial charge in [0.1, 0.15) is 5.76 Å². The quantitative estimate of drug-likeness (QED) is 0.730. The summed E-state index contributed by atoms with van der Waals surface area (Å²) in [6.45, 7) is 12.3. The monoisotopic (exact) mass is 282 g/mol. The number of nitrogens with zero attached hydrogens (tertiary/aromatic N) is 3. The molecule has 2 rings (SSSR count). The van der Waals surface area contributed by atoms with Crippen LogP contribution in [0, 0.1) is 13.8 Å². The van der Waals surface area contributed by atoms with Crippen LogP contribution in [0.3, 0.4) is 0 Å². The van der Waals surface area contributed by atoms with E-state index in [4.69, 9.17) is 15.0 Å². The third-order valence-corrected chi connectivity index (χ3v) is 3.84. The normalized spacial score (nSPS) is 17.8. The maximum absolute atomic E-state index is 5.43. The molecule has 1 fully saturated rings. The summed E-state index contributed by atoms with van der Waals surface area (Å²) in [7, 11) is 0. The first-order valence-corrected chi connectivity index (χ1v) is 7.35.